The zero-order valence-electron chi connectivity index (χ0n) is 68.9. The summed E-state index contributed by atoms with van der Waals surface area (Å²) in [5.74, 6) is 3.47. The van der Waals surface area contributed by atoms with Gasteiger partial charge in [0.25, 0.3) is 0 Å². The summed E-state index contributed by atoms with van der Waals surface area (Å²) >= 11 is 44.0. The molecule has 10 aromatic carbocycles. The van der Waals surface area contributed by atoms with Gasteiger partial charge in [0, 0.05) is 215 Å². The largest absolute Gasteiger partial charge is 0.507 e. The maximum atomic E-state index is 14.4. The second-order valence-corrected chi connectivity index (χ2v) is 38.4. The van der Waals surface area contributed by atoms with Crippen LogP contribution >= 0.6 is 81.2 Å². The quantitative estimate of drug-likeness (QED) is 0.0988. The van der Waals surface area contributed by atoms with Gasteiger partial charge in [-0.2, -0.15) is 0 Å². The number of nitrogens with zero attached hydrogens (tertiary/aromatic N) is 5. The minimum absolute atomic E-state index is 0.00439. The Bertz CT molecular complexity index is 4960. The van der Waals surface area contributed by atoms with Crippen molar-refractivity contribution in [3.63, 3.8) is 0 Å². The first-order chi connectivity index (χ1) is 52.4. The SMILES string of the molecule is CC(C)(C)N1C[C@@H](CCl)c2c1cc(O)c1c(Cl)ccc(Cl)c21.CC(C)(C)N1C[C@@H](CCl)c2c1cc(O)c1c(F)ccc(F)c21.CCc1ccc(CC)c2c3c(cc(O)c12)N(C(C)(C)C)C[C@H]3CCl.Cc1ccc(C)c2c3c(cc(O)c12)N(C(C)(C)C)C[C@H]3CCl.Cc1cccc2c(O)cc3c(c12)[C@H](CCl)[C@H](C)N3C(C)(C)C. The standard InChI is InChI=1S/C21H28ClNO.2C19H24ClNO.C17H18Cl3NO.C17H18ClF2NO/c1-6-13-8-9-14(7-2)20-18-15(11-22)12-23(21(3,4)5)16(18)10-17(24)19(13)20;1-11-6-7-12(2)17-16(11)15(22)8-14-18(17)13(9-20)10-21(14)19(3,4)5;1-11-7-6-8-13-16(22)9-15-18(17(11)13)14(10-20)12(2)21(15)19(3,4)5;2*1-17(2,3)21-8-9(7-18)14-12(21)6-13(22)15-10(19)4-5-11(20)16(14)15/h8-10,15,24H,6-7,11-12H2,1-5H3;6-8,13,22H,9-10H2,1-5H3;6-9,12,14,22H,10H2,1-5H3;2*4-6,9,22H,7-8H2,1-3H3/t15-;13-;12-,14+;2*9-/m11011/s1. The molecule has 0 radical (unpaired) electrons. The Morgan fingerprint density at radius 2 is 0.705 bits per heavy atom. The number of alkyl halides is 5. The minimum Gasteiger partial charge on any atom is -0.507 e. The number of fused-ring (bicyclic) bond motifs is 15. The highest BCUT2D eigenvalue weighted by Crippen LogP contribution is 2.56. The van der Waals surface area contributed by atoms with E-state index < -0.39 is 11.6 Å². The Kier molecular flexibility index (Phi) is 25.0. The molecule has 112 heavy (non-hydrogen) atoms. The van der Waals surface area contributed by atoms with Crippen LogP contribution in [-0.2, 0) is 12.8 Å². The Morgan fingerprint density at radius 1 is 0.357 bits per heavy atom. The van der Waals surface area contributed by atoms with Gasteiger partial charge in [0.15, 0.2) is 0 Å². The number of phenols is 5. The number of anilines is 5. The Morgan fingerprint density at radius 3 is 1.12 bits per heavy atom. The Labute approximate surface area is 697 Å². The van der Waals surface area contributed by atoms with Gasteiger partial charge >= 0.3 is 0 Å². The second kappa shape index (κ2) is 32.5. The summed E-state index contributed by atoms with van der Waals surface area (Å²) in [4.78, 5) is 11.5. The molecule has 5 N–H and O–H groups in total. The van der Waals surface area contributed by atoms with Crippen LogP contribution in [0, 0.1) is 32.4 Å². The van der Waals surface area contributed by atoms with Gasteiger partial charge < -0.3 is 50.0 Å². The zero-order valence-corrected chi connectivity index (χ0v) is 74.1. The van der Waals surface area contributed by atoms with Crippen molar-refractivity contribution in [2.45, 2.75) is 222 Å². The van der Waals surface area contributed by atoms with Crippen molar-refractivity contribution >= 4 is 164 Å². The monoisotopic (exact) mass is 1660 g/mol. The molecule has 6 atom stereocenters. The molecule has 5 heterocycles. The van der Waals surface area contributed by atoms with Crippen LogP contribution in [0.15, 0.2) is 97.1 Å². The lowest BCUT2D eigenvalue weighted by molar-refractivity contribution is 0.445. The minimum atomic E-state index is -0.626. The van der Waals surface area contributed by atoms with Crippen LogP contribution in [0.2, 0.25) is 10.0 Å². The molecular weight excluding hydrogens is 1550 g/mol. The van der Waals surface area contributed by atoms with Crippen molar-refractivity contribution in [1.29, 1.82) is 0 Å². The lowest BCUT2D eigenvalue weighted by Crippen LogP contribution is -2.46. The molecule has 0 bridgehead atoms. The molecule has 0 saturated heterocycles. The Balaban J connectivity index is 0.000000138. The van der Waals surface area contributed by atoms with Crippen LogP contribution in [0.1, 0.15) is 210 Å². The van der Waals surface area contributed by atoms with Gasteiger partial charge in [-0.25, -0.2) is 8.78 Å². The lowest BCUT2D eigenvalue weighted by atomic mass is 9.88. The third-order valence-corrected chi connectivity index (χ3v) is 26.0. The first-order valence-electron chi connectivity index (χ1n) is 39.1. The van der Waals surface area contributed by atoms with Crippen LogP contribution in [-0.4, -0.2) is 115 Å². The van der Waals surface area contributed by atoms with Crippen molar-refractivity contribution in [1.82, 2.24) is 0 Å². The van der Waals surface area contributed by atoms with Crippen molar-refractivity contribution in [2.24, 2.45) is 0 Å². The van der Waals surface area contributed by atoms with E-state index in [-0.39, 0.29) is 67.7 Å². The molecule has 0 spiro atoms. The smallest absolute Gasteiger partial charge is 0.134 e. The highest BCUT2D eigenvalue weighted by molar-refractivity contribution is 6.41. The van der Waals surface area contributed by atoms with Gasteiger partial charge in [-0.1, -0.05) is 79.5 Å². The molecule has 10 aromatic rings. The maximum Gasteiger partial charge on any atom is 0.134 e. The molecule has 602 valence electrons. The average molecular weight is 1670 g/mol. The van der Waals surface area contributed by atoms with Gasteiger partial charge in [-0.15, -0.1) is 58.0 Å². The van der Waals surface area contributed by atoms with Crippen LogP contribution in [0.5, 0.6) is 28.7 Å². The number of hydrogen-bond acceptors (Lipinski definition) is 10. The number of hydrogen-bond donors (Lipinski definition) is 5. The normalized spacial score (nSPS) is 18.6. The fraction of sp³-hybridized carbons (Fsp3) is 0.462. The van der Waals surface area contributed by atoms with Crippen LogP contribution in [0.3, 0.4) is 0 Å². The number of rotatable bonds is 7. The molecule has 5 aliphatic heterocycles. The fourth-order valence-corrected chi connectivity index (χ4v) is 20.3. The summed E-state index contributed by atoms with van der Waals surface area (Å²) in [6.45, 7) is 48.6. The summed E-state index contributed by atoms with van der Waals surface area (Å²) in [5.41, 5.74) is 16.6. The molecule has 10 nitrogen and oxygen atoms in total. The molecule has 0 saturated carbocycles. The molecule has 0 fully saturated rings. The van der Waals surface area contributed by atoms with E-state index in [1.165, 1.54) is 61.2 Å². The van der Waals surface area contributed by atoms with E-state index in [9.17, 15) is 34.3 Å². The van der Waals surface area contributed by atoms with E-state index in [0.717, 1.165) is 106 Å². The third kappa shape index (κ3) is 15.6. The second-order valence-electron chi connectivity index (χ2n) is 36.1. The summed E-state index contributed by atoms with van der Waals surface area (Å²) in [6, 6.07) is 29.8. The molecule has 5 aliphatic rings. The zero-order chi connectivity index (χ0) is 82.6. The number of phenolic OH excluding ortho intramolecular Hbond substituents is 5. The molecule has 0 unspecified atom stereocenters. The first kappa shape index (κ1) is 86.3. The summed E-state index contributed by atoms with van der Waals surface area (Å²) in [7, 11) is 0. The lowest BCUT2D eigenvalue weighted by Gasteiger charge is -2.39. The van der Waals surface area contributed by atoms with Crippen molar-refractivity contribution in [3.8, 4) is 28.7 Å². The van der Waals surface area contributed by atoms with E-state index in [0.29, 0.717) is 92.1 Å². The van der Waals surface area contributed by atoms with Gasteiger partial charge in [-0.3, -0.25) is 0 Å². The summed E-state index contributed by atoms with van der Waals surface area (Å²) < 4.78 is 28.5. The van der Waals surface area contributed by atoms with E-state index in [2.05, 4.69) is 179 Å². The van der Waals surface area contributed by atoms with Crippen LogP contribution < -0.4 is 24.5 Å². The Hall–Kier alpha value is -6.61. The molecule has 0 amide bonds. The number of aromatic hydroxyl groups is 5. The summed E-state index contributed by atoms with van der Waals surface area (Å²) in [5, 5.41) is 61.8. The van der Waals surface area contributed by atoms with E-state index in [1.807, 2.05) is 51.1 Å². The van der Waals surface area contributed by atoms with Gasteiger partial charge in [0.2, 0.25) is 0 Å². The van der Waals surface area contributed by atoms with E-state index >= 15 is 0 Å². The number of benzene rings is 10. The van der Waals surface area contributed by atoms with E-state index in [4.69, 9.17) is 81.2 Å². The molecule has 15 rings (SSSR count). The third-order valence-electron chi connectivity index (χ3n) is 23.5. The molecule has 19 heteroatoms. The molecule has 0 aliphatic carbocycles. The maximum absolute atomic E-state index is 14.4. The molecule has 0 aromatic heterocycles. The summed E-state index contributed by atoms with van der Waals surface area (Å²) in [6.07, 6.45) is 1.88. The van der Waals surface area contributed by atoms with Gasteiger partial charge in [0.1, 0.15) is 40.4 Å². The van der Waals surface area contributed by atoms with Gasteiger partial charge in [-0.05, 0) is 240 Å². The van der Waals surface area contributed by atoms with Crippen molar-refractivity contribution in [3.05, 3.63) is 174 Å². The fourth-order valence-electron chi connectivity index (χ4n) is 18.4. The van der Waals surface area contributed by atoms with Crippen molar-refractivity contribution < 1.29 is 34.3 Å². The predicted molar refractivity (Wildman–Crippen MR) is 478 cm³/mol. The topological polar surface area (TPSA) is 117 Å². The molecular formula is C93H112Cl7F2N5O5. The van der Waals surface area contributed by atoms with Crippen LogP contribution in [0.25, 0.3) is 53.9 Å². The van der Waals surface area contributed by atoms with Gasteiger partial charge in [0.05, 0.1) is 10.4 Å². The predicted octanol–water partition coefficient (Wildman–Crippen LogP) is 26.5. The highest BCUT2D eigenvalue weighted by atomic mass is 35.5. The van der Waals surface area contributed by atoms with Crippen LogP contribution in [0.4, 0.5) is 37.2 Å². The number of aryl methyl sites for hydroxylation is 5. The average Bonchev–Trinajstić information content (AvgIpc) is 0.827. The number of halogens is 9. The first-order valence-corrected chi connectivity index (χ1v) is 42.6. The van der Waals surface area contributed by atoms with E-state index in [1.54, 1.807) is 18.2 Å². The van der Waals surface area contributed by atoms with Crippen molar-refractivity contribution in [2.75, 3.05) is 80.1 Å². The highest BCUT2D eigenvalue weighted by Gasteiger charge is 2.45.